The van der Waals surface area contributed by atoms with E-state index in [9.17, 15) is 4.79 Å². The lowest BCUT2D eigenvalue weighted by Gasteiger charge is -1.96. The maximum Gasteiger partial charge on any atom is 0.267 e. The summed E-state index contributed by atoms with van der Waals surface area (Å²) < 4.78 is 1.92. The molecule has 1 aromatic carbocycles. The zero-order valence-corrected chi connectivity index (χ0v) is 10.7. The number of fused-ring (bicyclic) bond motifs is 1. The zero-order chi connectivity index (χ0) is 13.5. The second kappa shape index (κ2) is 6.56. The summed E-state index contributed by atoms with van der Waals surface area (Å²) in [5.41, 5.74) is 4.29. The molecule has 0 saturated heterocycles. The molecule has 0 atom stereocenters. The van der Waals surface area contributed by atoms with Gasteiger partial charge < -0.3 is 4.57 Å². The standard InChI is InChI=1S/C11H11N3O2.C2H6/c1-14-7-12-9-6-8(2-4-10(9)14)3-5-11(15)13-16;1-2/h2-7,16H,1H3,(H,13,15);1-2H3/b5-3+;. The molecule has 0 bridgehead atoms. The number of carbonyl (C=O) groups is 1. The highest BCUT2D eigenvalue weighted by Crippen LogP contribution is 2.14. The number of hydrogen-bond acceptors (Lipinski definition) is 3. The second-order valence-corrected chi connectivity index (χ2v) is 3.41. The molecular formula is C13H17N3O2. The van der Waals surface area contributed by atoms with Gasteiger partial charge in [-0.2, -0.15) is 0 Å². The van der Waals surface area contributed by atoms with Crippen LogP contribution in [0.4, 0.5) is 0 Å². The Kier molecular flexibility index (Phi) is 5.07. The van der Waals surface area contributed by atoms with E-state index >= 15 is 0 Å². The van der Waals surface area contributed by atoms with Crippen LogP contribution >= 0.6 is 0 Å². The minimum atomic E-state index is -0.555. The molecule has 0 aliphatic rings. The summed E-state index contributed by atoms with van der Waals surface area (Å²) in [5.74, 6) is -0.555. The Bertz CT molecular complexity index is 558. The molecular weight excluding hydrogens is 230 g/mol. The molecule has 1 aromatic heterocycles. The lowest BCUT2D eigenvalue weighted by Crippen LogP contribution is -2.14. The number of aryl methyl sites for hydroxylation is 1. The number of imidazole rings is 1. The van der Waals surface area contributed by atoms with Crippen molar-refractivity contribution in [2.45, 2.75) is 13.8 Å². The van der Waals surface area contributed by atoms with Crippen LogP contribution in [0.1, 0.15) is 19.4 Å². The smallest absolute Gasteiger partial charge is 0.267 e. The van der Waals surface area contributed by atoms with E-state index in [1.165, 1.54) is 11.6 Å². The zero-order valence-electron chi connectivity index (χ0n) is 10.7. The predicted molar refractivity (Wildman–Crippen MR) is 71.0 cm³/mol. The van der Waals surface area contributed by atoms with Crippen molar-refractivity contribution in [2.75, 3.05) is 0 Å². The van der Waals surface area contributed by atoms with Crippen molar-refractivity contribution in [1.82, 2.24) is 15.0 Å². The first-order valence-corrected chi connectivity index (χ1v) is 5.74. The number of hydroxylamine groups is 1. The van der Waals surface area contributed by atoms with E-state index in [4.69, 9.17) is 5.21 Å². The fraction of sp³-hybridized carbons (Fsp3) is 0.231. The van der Waals surface area contributed by atoms with Gasteiger partial charge in [0.25, 0.3) is 5.91 Å². The van der Waals surface area contributed by atoms with Crippen molar-refractivity contribution in [3.05, 3.63) is 36.2 Å². The van der Waals surface area contributed by atoms with Crippen LogP contribution in [0.25, 0.3) is 17.1 Å². The number of benzene rings is 1. The van der Waals surface area contributed by atoms with E-state index in [1.54, 1.807) is 12.4 Å². The third-order valence-electron chi connectivity index (χ3n) is 2.29. The molecule has 0 fully saturated rings. The minimum Gasteiger partial charge on any atom is -0.334 e. The van der Waals surface area contributed by atoms with Crippen LogP contribution in [0.15, 0.2) is 30.6 Å². The monoisotopic (exact) mass is 247 g/mol. The van der Waals surface area contributed by atoms with Crippen LogP contribution in [-0.2, 0) is 11.8 Å². The molecule has 0 radical (unpaired) electrons. The second-order valence-electron chi connectivity index (χ2n) is 3.41. The Morgan fingerprint density at radius 1 is 1.44 bits per heavy atom. The fourth-order valence-electron chi connectivity index (χ4n) is 1.47. The summed E-state index contributed by atoms with van der Waals surface area (Å²) in [6.07, 6.45) is 4.60. The number of nitrogens with one attached hydrogen (secondary N) is 1. The highest BCUT2D eigenvalue weighted by Gasteiger charge is 1.99. The molecule has 2 aromatic rings. The summed E-state index contributed by atoms with van der Waals surface area (Å²) in [6.45, 7) is 4.00. The quantitative estimate of drug-likeness (QED) is 0.485. The van der Waals surface area contributed by atoms with Crippen molar-refractivity contribution in [3.8, 4) is 0 Å². The average molecular weight is 247 g/mol. The van der Waals surface area contributed by atoms with Gasteiger partial charge in [-0.25, -0.2) is 10.5 Å². The number of nitrogens with zero attached hydrogens (tertiary/aromatic N) is 2. The summed E-state index contributed by atoms with van der Waals surface area (Å²) >= 11 is 0. The van der Waals surface area contributed by atoms with E-state index in [1.807, 2.05) is 43.7 Å². The molecule has 0 saturated carbocycles. The third-order valence-corrected chi connectivity index (χ3v) is 2.29. The first kappa shape index (κ1) is 13.9. The topological polar surface area (TPSA) is 67.2 Å². The van der Waals surface area contributed by atoms with Crippen molar-refractivity contribution in [1.29, 1.82) is 0 Å². The summed E-state index contributed by atoms with van der Waals surface area (Å²) in [6, 6.07) is 5.68. The summed E-state index contributed by atoms with van der Waals surface area (Å²) in [7, 11) is 1.92. The van der Waals surface area contributed by atoms with Crippen molar-refractivity contribution in [3.63, 3.8) is 0 Å². The van der Waals surface area contributed by atoms with Gasteiger partial charge in [0.1, 0.15) is 0 Å². The summed E-state index contributed by atoms with van der Waals surface area (Å²) in [5, 5.41) is 8.32. The van der Waals surface area contributed by atoms with Gasteiger partial charge >= 0.3 is 0 Å². The van der Waals surface area contributed by atoms with Gasteiger partial charge in [-0.15, -0.1) is 0 Å². The Morgan fingerprint density at radius 3 is 2.83 bits per heavy atom. The van der Waals surface area contributed by atoms with Gasteiger partial charge in [-0.1, -0.05) is 19.9 Å². The van der Waals surface area contributed by atoms with Gasteiger partial charge in [-0.05, 0) is 23.8 Å². The van der Waals surface area contributed by atoms with E-state index in [2.05, 4.69) is 4.98 Å². The van der Waals surface area contributed by atoms with Crippen LogP contribution in [-0.4, -0.2) is 20.7 Å². The first-order valence-electron chi connectivity index (χ1n) is 5.74. The highest BCUT2D eigenvalue weighted by molar-refractivity contribution is 5.91. The fourth-order valence-corrected chi connectivity index (χ4v) is 1.47. The van der Waals surface area contributed by atoms with E-state index in [0.717, 1.165) is 16.6 Å². The molecule has 96 valence electrons. The molecule has 2 N–H and O–H groups in total. The van der Waals surface area contributed by atoms with Crippen LogP contribution in [0.3, 0.4) is 0 Å². The SMILES string of the molecule is CC.Cn1cnc2cc(/C=C/C(=O)NO)ccc21. The molecule has 1 amide bonds. The predicted octanol–water partition coefficient (Wildman–Crippen LogP) is 2.12. The maximum atomic E-state index is 10.8. The van der Waals surface area contributed by atoms with Crippen LogP contribution in [0.2, 0.25) is 0 Å². The Labute approximate surface area is 106 Å². The van der Waals surface area contributed by atoms with E-state index in [-0.39, 0.29) is 0 Å². The highest BCUT2D eigenvalue weighted by atomic mass is 16.5. The van der Waals surface area contributed by atoms with Crippen molar-refractivity contribution >= 4 is 23.0 Å². The Morgan fingerprint density at radius 2 is 2.17 bits per heavy atom. The number of carbonyl (C=O) groups excluding carboxylic acids is 1. The molecule has 5 heteroatoms. The Hall–Kier alpha value is -2.14. The average Bonchev–Trinajstić information content (AvgIpc) is 2.79. The molecule has 0 aliphatic heterocycles. The number of amides is 1. The Balaban J connectivity index is 0.000000771. The third kappa shape index (κ3) is 3.18. The molecule has 18 heavy (non-hydrogen) atoms. The molecule has 5 nitrogen and oxygen atoms in total. The summed E-state index contributed by atoms with van der Waals surface area (Å²) in [4.78, 5) is 15.0. The molecule has 0 spiro atoms. The molecule has 0 unspecified atom stereocenters. The lowest BCUT2D eigenvalue weighted by molar-refractivity contribution is -0.124. The van der Waals surface area contributed by atoms with Gasteiger partial charge in [0, 0.05) is 13.1 Å². The number of rotatable bonds is 2. The van der Waals surface area contributed by atoms with Crippen LogP contribution in [0, 0.1) is 0 Å². The van der Waals surface area contributed by atoms with Crippen molar-refractivity contribution < 1.29 is 10.0 Å². The number of hydrogen-bond donors (Lipinski definition) is 2. The largest absolute Gasteiger partial charge is 0.334 e. The van der Waals surface area contributed by atoms with Crippen LogP contribution in [0.5, 0.6) is 0 Å². The van der Waals surface area contributed by atoms with Gasteiger partial charge in [0.15, 0.2) is 0 Å². The first-order chi connectivity index (χ1) is 8.70. The molecule has 1 heterocycles. The van der Waals surface area contributed by atoms with Gasteiger partial charge in [-0.3, -0.25) is 10.0 Å². The lowest BCUT2D eigenvalue weighted by atomic mass is 10.2. The maximum absolute atomic E-state index is 10.8. The molecule has 2 rings (SSSR count). The van der Waals surface area contributed by atoms with E-state index < -0.39 is 5.91 Å². The van der Waals surface area contributed by atoms with Crippen LogP contribution < -0.4 is 5.48 Å². The molecule has 0 aliphatic carbocycles. The van der Waals surface area contributed by atoms with Gasteiger partial charge in [0.05, 0.1) is 17.4 Å². The van der Waals surface area contributed by atoms with Crippen molar-refractivity contribution in [2.24, 2.45) is 7.05 Å². The van der Waals surface area contributed by atoms with E-state index in [0.29, 0.717) is 0 Å². The minimum absolute atomic E-state index is 0.555. The number of aromatic nitrogens is 2. The van der Waals surface area contributed by atoms with Gasteiger partial charge in [0.2, 0.25) is 0 Å². The normalized spacial score (nSPS) is 10.2.